The van der Waals surface area contributed by atoms with Gasteiger partial charge in [-0.2, -0.15) is 5.26 Å². The number of benzene rings is 2. The lowest BCUT2D eigenvalue weighted by molar-refractivity contribution is 0.174. The molecule has 2 heterocycles. The van der Waals surface area contributed by atoms with Gasteiger partial charge in [0.1, 0.15) is 16.8 Å². The second-order valence-corrected chi connectivity index (χ2v) is 6.38. The molecule has 6 heteroatoms. The summed E-state index contributed by atoms with van der Waals surface area (Å²) in [5, 5.41) is 12.2. The quantitative estimate of drug-likeness (QED) is 0.634. The Morgan fingerprint density at radius 1 is 1.23 bits per heavy atom. The predicted molar refractivity (Wildman–Crippen MR) is 100 cm³/mol. The summed E-state index contributed by atoms with van der Waals surface area (Å²) >= 11 is 1.43. The van der Waals surface area contributed by atoms with Crippen LogP contribution in [0.15, 0.2) is 47.8 Å². The van der Waals surface area contributed by atoms with Crippen LogP contribution in [0.2, 0.25) is 0 Å². The van der Waals surface area contributed by atoms with Gasteiger partial charge in [-0.05, 0) is 30.3 Å². The molecule has 4 rings (SSSR count). The maximum absolute atomic E-state index is 9.58. The summed E-state index contributed by atoms with van der Waals surface area (Å²) in [7, 11) is 1.61. The number of nitriles is 1. The van der Waals surface area contributed by atoms with Crippen LogP contribution in [0.5, 0.6) is 17.2 Å². The van der Waals surface area contributed by atoms with Crippen LogP contribution in [-0.2, 0) is 0 Å². The summed E-state index contributed by atoms with van der Waals surface area (Å²) in [5.74, 6) is 2.16. The van der Waals surface area contributed by atoms with E-state index < -0.39 is 0 Å². The number of allylic oxidation sites excluding steroid dienone is 1. The van der Waals surface area contributed by atoms with E-state index in [4.69, 9.17) is 14.2 Å². The highest BCUT2D eigenvalue weighted by Crippen LogP contribution is 2.37. The summed E-state index contributed by atoms with van der Waals surface area (Å²) in [6.45, 7) is 0.237. The first-order valence-electron chi connectivity index (χ1n) is 7.89. The molecule has 0 radical (unpaired) electrons. The SMILES string of the molecule is COc1ccccc1C=C(C#N)c1nc(-c2ccc3c(c2)OCO3)cs1. The lowest BCUT2D eigenvalue weighted by Gasteiger charge is -2.04. The molecule has 1 aliphatic heterocycles. The molecular formula is C20H14N2O3S. The number of aromatic nitrogens is 1. The van der Waals surface area contributed by atoms with E-state index in [0.29, 0.717) is 22.1 Å². The summed E-state index contributed by atoms with van der Waals surface area (Å²) in [4.78, 5) is 4.62. The summed E-state index contributed by atoms with van der Waals surface area (Å²) in [5.41, 5.74) is 3.05. The smallest absolute Gasteiger partial charge is 0.231 e. The first-order chi connectivity index (χ1) is 12.8. The largest absolute Gasteiger partial charge is 0.496 e. The summed E-state index contributed by atoms with van der Waals surface area (Å²) in [6, 6.07) is 15.5. The van der Waals surface area contributed by atoms with Crippen LogP contribution in [0.25, 0.3) is 22.9 Å². The van der Waals surface area contributed by atoms with Crippen LogP contribution in [0.4, 0.5) is 0 Å². The van der Waals surface area contributed by atoms with Gasteiger partial charge in [-0.1, -0.05) is 18.2 Å². The maximum Gasteiger partial charge on any atom is 0.231 e. The Morgan fingerprint density at radius 3 is 2.92 bits per heavy atom. The van der Waals surface area contributed by atoms with Gasteiger partial charge in [-0.3, -0.25) is 0 Å². The molecule has 5 nitrogen and oxygen atoms in total. The summed E-state index contributed by atoms with van der Waals surface area (Å²) < 4.78 is 16.1. The van der Waals surface area contributed by atoms with Crippen molar-refractivity contribution in [3.8, 4) is 34.6 Å². The molecule has 0 aliphatic carbocycles. The molecule has 2 aromatic carbocycles. The van der Waals surface area contributed by atoms with Crippen molar-refractivity contribution >= 4 is 23.0 Å². The zero-order valence-corrected chi connectivity index (χ0v) is 14.7. The minimum Gasteiger partial charge on any atom is -0.496 e. The number of para-hydroxylation sites is 1. The van der Waals surface area contributed by atoms with E-state index in [0.717, 1.165) is 22.6 Å². The lowest BCUT2D eigenvalue weighted by atomic mass is 10.1. The molecule has 0 unspecified atom stereocenters. The van der Waals surface area contributed by atoms with Crippen molar-refractivity contribution in [1.82, 2.24) is 4.98 Å². The molecule has 0 spiro atoms. The van der Waals surface area contributed by atoms with Gasteiger partial charge in [0.15, 0.2) is 11.5 Å². The van der Waals surface area contributed by atoms with Gasteiger partial charge in [-0.25, -0.2) is 4.98 Å². The molecule has 0 saturated heterocycles. The molecule has 0 amide bonds. The molecule has 0 atom stereocenters. The third-order valence-electron chi connectivity index (χ3n) is 3.96. The average molecular weight is 362 g/mol. The molecular weight excluding hydrogens is 348 g/mol. The monoisotopic (exact) mass is 362 g/mol. The molecule has 1 aromatic heterocycles. The molecule has 3 aromatic rings. The van der Waals surface area contributed by atoms with Crippen molar-refractivity contribution in [3.05, 3.63) is 58.4 Å². The highest BCUT2D eigenvalue weighted by Gasteiger charge is 2.16. The van der Waals surface area contributed by atoms with Gasteiger partial charge in [0.25, 0.3) is 0 Å². The number of fused-ring (bicyclic) bond motifs is 1. The molecule has 0 N–H and O–H groups in total. The molecule has 0 fully saturated rings. The van der Waals surface area contributed by atoms with E-state index in [1.165, 1.54) is 11.3 Å². The highest BCUT2D eigenvalue weighted by molar-refractivity contribution is 7.11. The number of rotatable bonds is 4. The summed E-state index contributed by atoms with van der Waals surface area (Å²) in [6.07, 6.45) is 1.79. The fraction of sp³-hybridized carbons (Fsp3) is 0.100. The van der Waals surface area contributed by atoms with Crippen LogP contribution in [0.3, 0.4) is 0 Å². The minimum absolute atomic E-state index is 0.237. The third kappa shape index (κ3) is 3.01. The van der Waals surface area contributed by atoms with Crippen molar-refractivity contribution in [2.24, 2.45) is 0 Å². The number of hydrogen-bond acceptors (Lipinski definition) is 6. The van der Waals surface area contributed by atoms with E-state index in [2.05, 4.69) is 11.1 Å². The Morgan fingerprint density at radius 2 is 2.08 bits per heavy atom. The van der Waals surface area contributed by atoms with Crippen LogP contribution >= 0.6 is 11.3 Å². The Hall–Kier alpha value is -3.30. The first-order valence-corrected chi connectivity index (χ1v) is 8.77. The normalized spacial score (nSPS) is 12.7. The van der Waals surface area contributed by atoms with Crippen molar-refractivity contribution in [3.63, 3.8) is 0 Å². The topological polar surface area (TPSA) is 64.4 Å². The second kappa shape index (κ2) is 6.90. The Balaban J connectivity index is 1.68. The molecule has 0 saturated carbocycles. The second-order valence-electron chi connectivity index (χ2n) is 5.52. The van der Waals surface area contributed by atoms with E-state index in [1.807, 2.05) is 47.8 Å². The molecule has 0 bridgehead atoms. The van der Waals surface area contributed by atoms with Crippen LogP contribution in [0, 0.1) is 11.3 Å². The van der Waals surface area contributed by atoms with E-state index in [1.54, 1.807) is 13.2 Å². The van der Waals surface area contributed by atoms with Gasteiger partial charge in [0.05, 0.1) is 18.4 Å². The average Bonchev–Trinajstić information content (AvgIpc) is 3.35. The van der Waals surface area contributed by atoms with E-state index in [-0.39, 0.29) is 6.79 Å². The fourth-order valence-corrected chi connectivity index (χ4v) is 3.46. The van der Waals surface area contributed by atoms with Gasteiger partial charge in [0.2, 0.25) is 6.79 Å². The maximum atomic E-state index is 9.58. The van der Waals surface area contributed by atoms with Crippen LogP contribution in [-0.4, -0.2) is 18.9 Å². The Bertz CT molecular complexity index is 1030. The van der Waals surface area contributed by atoms with Gasteiger partial charge in [-0.15, -0.1) is 11.3 Å². The minimum atomic E-state index is 0.237. The highest BCUT2D eigenvalue weighted by atomic mass is 32.1. The molecule has 1 aliphatic rings. The lowest BCUT2D eigenvalue weighted by Crippen LogP contribution is -1.92. The van der Waals surface area contributed by atoms with E-state index in [9.17, 15) is 5.26 Å². The number of ether oxygens (including phenoxy) is 3. The zero-order chi connectivity index (χ0) is 17.9. The Kier molecular flexibility index (Phi) is 4.30. The van der Waals surface area contributed by atoms with E-state index >= 15 is 0 Å². The molecule has 128 valence electrons. The Labute approximate surface area is 154 Å². The molecule has 26 heavy (non-hydrogen) atoms. The number of nitrogens with zero attached hydrogens (tertiary/aromatic N) is 2. The predicted octanol–water partition coefficient (Wildman–Crippen LogP) is 4.61. The van der Waals surface area contributed by atoms with Crippen LogP contribution in [0.1, 0.15) is 10.6 Å². The number of methoxy groups -OCH3 is 1. The first kappa shape index (κ1) is 16.2. The number of hydrogen-bond donors (Lipinski definition) is 0. The van der Waals surface area contributed by atoms with Gasteiger partial charge in [0, 0.05) is 16.5 Å². The van der Waals surface area contributed by atoms with Gasteiger partial charge >= 0.3 is 0 Å². The van der Waals surface area contributed by atoms with Crippen molar-refractivity contribution < 1.29 is 14.2 Å². The number of thiazole rings is 1. The van der Waals surface area contributed by atoms with Crippen molar-refractivity contribution in [1.29, 1.82) is 5.26 Å². The standard InChI is InChI=1S/C20H14N2O3S/c1-23-17-5-3-2-4-14(17)8-15(10-21)20-22-16(11-26-20)13-6-7-18-19(9-13)25-12-24-18/h2-9,11H,12H2,1H3. The fourth-order valence-electron chi connectivity index (χ4n) is 2.67. The van der Waals surface area contributed by atoms with Crippen LogP contribution < -0.4 is 14.2 Å². The van der Waals surface area contributed by atoms with Crippen molar-refractivity contribution in [2.45, 2.75) is 0 Å². The third-order valence-corrected chi connectivity index (χ3v) is 4.84. The van der Waals surface area contributed by atoms with Gasteiger partial charge < -0.3 is 14.2 Å². The zero-order valence-electron chi connectivity index (χ0n) is 13.9. The van der Waals surface area contributed by atoms with Crippen molar-refractivity contribution in [2.75, 3.05) is 13.9 Å².